The van der Waals surface area contributed by atoms with Gasteiger partial charge in [0.1, 0.15) is 6.54 Å². The highest BCUT2D eigenvalue weighted by Crippen LogP contribution is 2.18. The summed E-state index contributed by atoms with van der Waals surface area (Å²) in [5.74, 6) is -0.991. The van der Waals surface area contributed by atoms with Crippen molar-refractivity contribution in [1.29, 1.82) is 0 Å². The molecule has 1 heterocycles. The van der Waals surface area contributed by atoms with Gasteiger partial charge in [0, 0.05) is 18.0 Å². The first-order valence-electron chi connectivity index (χ1n) is 8.85. The molecule has 1 aliphatic heterocycles. The number of esters is 1. The van der Waals surface area contributed by atoms with Crippen LogP contribution in [0.3, 0.4) is 0 Å². The molecule has 0 radical (unpaired) electrons. The molecule has 0 spiro atoms. The molecule has 0 aliphatic carbocycles. The van der Waals surface area contributed by atoms with E-state index in [1.807, 2.05) is 6.07 Å². The Kier molecular flexibility index (Phi) is 6.85. The predicted molar refractivity (Wildman–Crippen MR) is 110 cm³/mol. The topological polar surface area (TPSA) is 105 Å². The van der Waals surface area contributed by atoms with Crippen molar-refractivity contribution < 1.29 is 23.9 Å². The number of anilines is 2. The van der Waals surface area contributed by atoms with Gasteiger partial charge in [0.25, 0.3) is 17.1 Å². The first-order chi connectivity index (χ1) is 14.0. The molecular weight excluding hydrogens is 394 g/mol. The molecule has 1 aliphatic rings. The summed E-state index contributed by atoms with van der Waals surface area (Å²) in [4.78, 5) is 49.3. The third-order valence-corrected chi connectivity index (χ3v) is 4.90. The highest BCUT2D eigenvalue weighted by molar-refractivity contribution is 8.13. The number of carbonyl (C=O) groups excluding carboxylic acids is 4. The molecule has 9 heteroatoms. The average Bonchev–Trinajstić information content (AvgIpc) is 3.12. The Morgan fingerprint density at radius 1 is 1.00 bits per heavy atom. The average molecular weight is 413 g/mol. The minimum absolute atomic E-state index is 0.176. The van der Waals surface area contributed by atoms with Crippen molar-refractivity contribution >= 4 is 46.2 Å². The maximum Gasteiger partial charge on any atom is 0.326 e. The number of amides is 3. The molecule has 0 saturated carbocycles. The molecule has 0 bridgehead atoms. The Bertz CT molecular complexity index is 919. The summed E-state index contributed by atoms with van der Waals surface area (Å²) in [6.07, 6.45) is 0. The van der Waals surface area contributed by atoms with Crippen molar-refractivity contribution in [2.75, 3.05) is 36.1 Å². The monoisotopic (exact) mass is 413 g/mol. The van der Waals surface area contributed by atoms with Gasteiger partial charge in [-0.3, -0.25) is 19.2 Å². The molecule has 1 fully saturated rings. The van der Waals surface area contributed by atoms with Gasteiger partial charge >= 0.3 is 5.97 Å². The van der Waals surface area contributed by atoms with E-state index in [2.05, 4.69) is 10.6 Å². The lowest BCUT2D eigenvalue weighted by molar-refractivity contribution is -0.147. The lowest BCUT2D eigenvalue weighted by Crippen LogP contribution is -2.32. The summed E-state index contributed by atoms with van der Waals surface area (Å²) < 4.78 is 4.93. The molecule has 3 amide bonds. The zero-order valence-electron chi connectivity index (χ0n) is 15.4. The minimum atomic E-state index is -0.661. The van der Waals surface area contributed by atoms with Gasteiger partial charge in [0.15, 0.2) is 6.61 Å². The lowest BCUT2D eigenvalue weighted by Gasteiger charge is -2.14. The van der Waals surface area contributed by atoms with Gasteiger partial charge in [-0.1, -0.05) is 42.1 Å². The van der Waals surface area contributed by atoms with Crippen LogP contribution in [0.4, 0.5) is 16.2 Å². The summed E-state index contributed by atoms with van der Waals surface area (Å²) in [6.45, 7) is -0.216. The second kappa shape index (κ2) is 9.74. The van der Waals surface area contributed by atoms with Gasteiger partial charge in [0.05, 0.1) is 11.3 Å². The molecule has 3 rings (SSSR count). The summed E-state index contributed by atoms with van der Waals surface area (Å²) >= 11 is 1.14. The minimum Gasteiger partial charge on any atom is -0.454 e. The van der Waals surface area contributed by atoms with E-state index in [0.29, 0.717) is 23.7 Å². The van der Waals surface area contributed by atoms with Crippen molar-refractivity contribution in [3.8, 4) is 0 Å². The molecule has 0 aromatic heterocycles. The van der Waals surface area contributed by atoms with Gasteiger partial charge in [-0.2, -0.15) is 0 Å². The number of carbonyl (C=O) groups is 4. The Hall–Kier alpha value is -3.33. The molecule has 0 atom stereocenters. The van der Waals surface area contributed by atoms with Crippen LogP contribution in [0.25, 0.3) is 0 Å². The fourth-order valence-electron chi connectivity index (χ4n) is 2.61. The molecule has 2 N–H and O–H groups in total. The Balaban J connectivity index is 1.54. The number of nitrogens with zero attached hydrogens (tertiary/aromatic N) is 1. The van der Waals surface area contributed by atoms with Crippen LogP contribution >= 0.6 is 11.8 Å². The van der Waals surface area contributed by atoms with E-state index in [0.717, 1.165) is 11.8 Å². The standard InChI is InChI=1S/C20H19N3O5S/c24-17(13-28-18(25)12-23-10-11-29-20(23)27)22-16-9-5-4-8-15(16)19(26)21-14-6-2-1-3-7-14/h1-9H,10-13H2,(H,21,26)(H,22,24). The molecule has 150 valence electrons. The van der Waals surface area contributed by atoms with Crippen molar-refractivity contribution in [2.24, 2.45) is 0 Å². The largest absolute Gasteiger partial charge is 0.454 e. The summed E-state index contributed by atoms with van der Waals surface area (Å²) in [5.41, 5.74) is 1.20. The van der Waals surface area contributed by atoms with Crippen LogP contribution in [0.5, 0.6) is 0 Å². The maximum atomic E-state index is 12.5. The van der Waals surface area contributed by atoms with Gasteiger partial charge in [-0.05, 0) is 24.3 Å². The normalized spacial score (nSPS) is 13.1. The van der Waals surface area contributed by atoms with Crippen molar-refractivity contribution in [3.63, 3.8) is 0 Å². The molecule has 8 nitrogen and oxygen atoms in total. The fourth-order valence-corrected chi connectivity index (χ4v) is 3.44. The number of para-hydroxylation sites is 2. The van der Waals surface area contributed by atoms with Gasteiger partial charge < -0.3 is 20.3 Å². The molecular formula is C20H19N3O5S. The SMILES string of the molecule is O=C(COC(=O)CN1CCSC1=O)Nc1ccccc1C(=O)Nc1ccccc1. The molecule has 29 heavy (non-hydrogen) atoms. The summed E-state index contributed by atoms with van der Waals surface area (Å²) in [6, 6.07) is 15.5. The van der Waals surface area contributed by atoms with E-state index in [1.165, 1.54) is 4.90 Å². The van der Waals surface area contributed by atoms with Crippen LogP contribution in [0.1, 0.15) is 10.4 Å². The maximum absolute atomic E-state index is 12.5. The summed E-state index contributed by atoms with van der Waals surface area (Å²) in [7, 11) is 0. The Morgan fingerprint density at radius 3 is 2.45 bits per heavy atom. The zero-order chi connectivity index (χ0) is 20.6. The van der Waals surface area contributed by atoms with E-state index >= 15 is 0 Å². The third-order valence-electron chi connectivity index (χ3n) is 4.01. The van der Waals surface area contributed by atoms with Crippen molar-refractivity contribution in [3.05, 3.63) is 60.2 Å². The van der Waals surface area contributed by atoms with E-state index in [9.17, 15) is 19.2 Å². The second-order valence-corrected chi connectivity index (χ2v) is 7.16. The Labute approximate surface area is 171 Å². The predicted octanol–water partition coefficient (Wildman–Crippen LogP) is 2.59. The molecule has 2 aromatic carbocycles. The number of ether oxygens (including phenoxy) is 1. The number of rotatable bonds is 7. The highest BCUT2D eigenvalue weighted by atomic mass is 32.2. The third kappa shape index (κ3) is 5.82. The number of thioether (sulfide) groups is 1. The van der Waals surface area contributed by atoms with Crippen LogP contribution in [0.15, 0.2) is 54.6 Å². The van der Waals surface area contributed by atoms with E-state index in [1.54, 1.807) is 48.5 Å². The second-order valence-electron chi connectivity index (χ2n) is 6.11. The first kappa shape index (κ1) is 20.4. The van der Waals surface area contributed by atoms with Crippen LogP contribution < -0.4 is 10.6 Å². The smallest absolute Gasteiger partial charge is 0.326 e. The zero-order valence-corrected chi connectivity index (χ0v) is 16.2. The molecule has 2 aromatic rings. The fraction of sp³-hybridized carbons (Fsp3) is 0.200. The number of nitrogens with one attached hydrogen (secondary N) is 2. The van der Waals surface area contributed by atoms with Crippen LogP contribution in [0.2, 0.25) is 0 Å². The van der Waals surface area contributed by atoms with E-state index in [4.69, 9.17) is 4.74 Å². The number of hydrogen-bond donors (Lipinski definition) is 2. The van der Waals surface area contributed by atoms with E-state index in [-0.39, 0.29) is 23.3 Å². The van der Waals surface area contributed by atoms with Crippen LogP contribution in [0, 0.1) is 0 Å². The Morgan fingerprint density at radius 2 is 1.72 bits per heavy atom. The quantitative estimate of drug-likeness (QED) is 0.676. The number of benzene rings is 2. The van der Waals surface area contributed by atoms with Crippen LogP contribution in [-0.4, -0.2) is 53.4 Å². The molecule has 0 unspecified atom stereocenters. The number of hydrogen-bond acceptors (Lipinski definition) is 6. The first-order valence-corrected chi connectivity index (χ1v) is 9.84. The van der Waals surface area contributed by atoms with Crippen LogP contribution in [-0.2, 0) is 14.3 Å². The molecule has 1 saturated heterocycles. The van der Waals surface area contributed by atoms with Crippen molar-refractivity contribution in [1.82, 2.24) is 4.90 Å². The van der Waals surface area contributed by atoms with Gasteiger partial charge in [0.2, 0.25) is 0 Å². The summed E-state index contributed by atoms with van der Waals surface area (Å²) in [5, 5.41) is 5.15. The lowest BCUT2D eigenvalue weighted by atomic mass is 10.1. The van der Waals surface area contributed by atoms with Gasteiger partial charge in [-0.15, -0.1) is 0 Å². The highest BCUT2D eigenvalue weighted by Gasteiger charge is 2.24. The van der Waals surface area contributed by atoms with E-state index < -0.39 is 18.5 Å². The van der Waals surface area contributed by atoms with Gasteiger partial charge in [-0.25, -0.2) is 0 Å². The van der Waals surface area contributed by atoms with Crippen molar-refractivity contribution in [2.45, 2.75) is 0 Å².